The van der Waals surface area contributed by atoms with E-state index in [4.69, 9.17) is 0 Å². The van der Waals surface area contributed by atoms with Gasteiger partial charge in [-0.05, 0) is 31.2 Å². The molecular weight excluding hydrogens is 358 g/mol. The second kappa shape index (κ2) is 9.51. The molecule has 0 spiro atoms. The minimum absolute atomic E-state index is 0.183. The molecule has 1 N–H and O–H groups in total. The standard InChI is InChI=1S/C23H19N3O.C2H6/c1-17-12-14-19(15-13-17)22(27)25-23-24-21(18-8-4-2-5-9-18)16-26(23)20-10-6-3-7-11-20;1-2/h2-16H,1H3,(H,24,25,27);1-2H3. The van der Waals surface area contributed by atoms with E-state index in [0.29, 0.717) is 11.5 Å². The highest BCUT2D eigenvalue weighted by Gasteiger charge is 2.14. The number of nitrogens with zero attached hydrogens (tertiary/aromatic N) is 2. The van der Waals surface area contributed by atoms with Gasteiger partial charge in [-0.2, -0.15) is 0 Å². The van der Waals surface area contributed by atoms with Crippen molar-refractivity contribution in [3.05, 3.63) is 102 Å². The lowest BCUT2D eigenvalue weighted by Gasteiger charge is -2.09. The van der Waals surface area contributed by atoms with E-state index in [9.17, 15) is 4.79 Å². The lowest BCUT2D eigenvalue weighted by molar-refractivity contribution is 0.102. The van der Waals surface area contributed by atoms with Crippen LogP contribution in [0, 0.1) is 6.92 Å². The number of amides is 1. The fourth-order valence-electron chi connectivity index (χ4n) is 2.88. The van der Waals surface area contributed by atoms with E-state index in [1.54, 1.807) is 0 Å². The minimum atomic E-state index is -0.183. The molecule has 4 aromatic rings. The topological polar surface area (TPSA) is 46.9 Å². The predicted octanol–water partition coefficient (Wildman–Crippen LogP) is 6.13. The van der Waals surface area contributed by atoms with Gasteiger partial charge in [0.25, 0.3) is 5.91 Å². The number of anilines is 1. The van der Waals surface area contributed by atoms with Crippen molar-refractivity contribution < 1.29 is 4.79 Å². The second-order valence-electron chi connectivity index (χ2n) is 6.34. The first-order valence-corrected chi connectivity index (χ1v) is 9.79. The lowest BCUT2D eigenvalue weighted by atomic mass is 10.1. The third-order valence-electron chi connectivity index (χ3n) is 4.35. The maximum Gasteiger partial charge on any atom is 0.257 e. The Morgan fingerprint density at radius 2 is 1.41 bits per heavy atom. The SMILES string of the molecule is CC.Cc1ccc(C(=O)Nc2nc(-c3ccccc3)cn2-c2ccccc2)cc1. The van der Waals surface area contributed by atoms with Gasteiger partial charge in [-0.1, -0.05) is 80.1 Å². The number of carbonyl (C=O) groups excluding carboxylic acids is 1. The van der Waals surface area contributed by atoms with E-state index in [-0.39, 0.29) is 5.91 Å². The number of hydrogen-bond acceptors (Lipinski definition) is 2. The molecule has 0 saturated carbocycles. The van der Waals surface area contributed by atoms with Crippen molar-refractivity contribution in [2.24, 2.45) is 0 Å². The van der Waals surface area contributed by atoms with E-state index in [0.717, 1.165) is 22.5 Å². The molecule has 0 fully saturated rings. The highest BCUT2D eigenvalue weighted by Crippen LogP contribution is 2.24. The first-order valence-electron chi connectivity index (χ1n) is 9.79. The molecule has 1 aromatic heterocycles. The number of benzene rings is 3. The molecule has 0 radical (unpaired) electrons. The molecule has 0 aliphatic carbocycles. The second-order valence-corrected chi connectivity index (χ2v) is 6.34. The average molecular weight is 383 g/mol. The van der Waals surface area contributed by atoms with Gasteiger partial charge in [-0.3, -0.25) is 14.7 Å². The molecule has 0 unspecified atom stereocenters. The first-order chi connectivity index (χ1) is 14.2. The summed E-state index contributed by atoms with van der Waals surface area (Å²) in [4.78, 5) is 17.4. The smallest absolute Gasteiger partial charge is 0.257 e. The molecule has 0 aliphatic rings. The number of rotatable bonds is 4. The van der Waals surface area contributed by atoms with Crippen LogP contribution in [0.25, 0.3) is 16.9 Å². The highest BCUT2D eigenvalue weighted by molar-refractivity contribution is 6.03. The Kier molecular flexibility index (Phi) is 6.59. The van der Waals surface area contributed by atoms with Crippen LogP contribution < -0.4 is 5.32 Å². The summed E-state index contributed by atoms with van der Waals surface area (Å²) in [6.07, 6.45) is 1.94. The van der Waals surface area contributed by atoms with Crippen LogP contribution in [0.3, 0.4) is 0 Å². The average Bonchev–Trinajstić information content (AvgIpc) is 3.20. The summed E-state index contributed by atoms with van der Waals surface area (Å²) in [7, 11) is 0. The fourth-order valence-corrected chi connectivity index (χ4v) is 2.88. The van der Waals surface area contributed by atoms with Gasteiger partial charge in [0.2, 0.25) is 5.95 Å². The fraction of sp³-hybridized carbons (Fsp3) is 0.120. The highest BCUT2D eigenvalue weighted by atomic mass is 16.1. The van der Waals surface area contributed by atoms with Crippen molar-refractivity contribution in [1.82, 2.24) is 9.55 Å². The van der Waals surface area contributed by atoms with Crippen LogP contribution in [0.4, 0.5) is 5.95 Å². The van der Waals surface area contributed by atoms with E-state index < -0.39 is 0 Å². The summed E-state index contributed by atoms with van der Waals surface area (Å²) in [5, 5.41) is 2.95. The quantitative estimate of drug-likeness (QED) is 0.461. The molecule has 4 nitrogen and oxygen atoms in total. The molecular formula is C25H25N3O. The van der Waals surface area contributed by atoms with Gasteiger partial charge in [-0.15, -0.1) is 0 Å². The lowest BCUT2D eigenvalue weighted by Crippen LogP contribution is -2.15. The van der Waals surface area contributed by atoms with Crippen LogP contribution in [0.5, 0.6) is 0 Å². The van der Waals surface area contributed by atoms with Crippen molar-refractivity contribution >= 4 is 11.9 Å². The van der Waals surface area contributed by atoms with Crippen molar-refractivity contribution in [3.8, 4) is 16.9 Å². The number of imidazole rings is 1. The van der Waals surface area contributed by atoms with Gasteiger partial charge in [0.05, 0.1) is 5.69 Å². The van der Waals surface area contributed by atoms with Crippen LogP contribution in [-0.2, 0) is 0 Å². The van der Waals surface area contributed by atoms with Gasteiger partial charge >= 0.3 is 0 Å². The van der Waals surface area contributed by atoms with Gasteiger partial charge in [0.1, 0.15) is 0 Å². The third kappa shape index (κ3) is 4.79. The predicted molar refractivity (Wildman–Crippen MR) is 119 cm³/mol. The summed E-state index contributed by atoms with van der Waals surface area (Å²) >= 11 is 0. The van der Waals surface area contributed by atoms with Crippen molar-refractivity contribution in [1.29, 1.82) is 0 Å². The first kappa shape index (κ1) is 20.1. The van der Waals surface area contributed by atoms with Crippen LogP contribution in [0.1, 0.15) is 29.8 Å². The van der Waals surface area contributed by atoms with Crippen LogP contribution in [0.15, 0.2) is 91.1 Å². The molecule has 1 heterocycles. The van der Waals surface area contributed by atoms with Crippen molar-refractivity contribution in [2.75, 3.05) is 5.32 Å². The molecule has 0 aliphatic heterocycles. The van der Waals surface area contributed by atoms with E-state index >= 15 is 0 Å². The molecule has 4 rings (SSSR count). The van der Waals surface area contributed by atoms with E-state index in [1.807, 2.05) is 116 Å². The van der Waals surface area contributed by atoms with Gasteiger partial charge in [-0.25, -0.2) is 4.98 Å². The van der Waals surface area contributed by atoms with Crippen LogP contribution in [-0.4, -0.2) is 15.5 Å². The monoisotopic (exact) mass is 383 g/mol. The molecule has 0 atom stereocenters. The number of hydrogen-bond donors (Lipinski definition) is 1. The molecule has 1 amide bonds. The van der Waals surface area contributed by atoms with Crippen LogP contribution in [0.2, 0.25) is 0 Å². The molecule has 0 bridgehead atoms. The maximum absolute atomic E-state index is 12.7. The number of carbonyl (C=O) groups is 1. The molecule has 3 aromatic carbocycles. The number of para-hydroxylation sites is 1. The molecule has 146 valence electrons. The zero-order chi connectivity index (χ0) is 20.6. The molecule has 4 heteroatoms. The van der Waals surface area contributed by atoms with Crippen molar-refractivity contribution in [3.63, 3.8) is 0 Å². The zero-order valence-electron chi connectivity index (χ0n) is 17.0. The third-order valence-corrected chi connectivity index (χ3v) is 4.35. The Morgan fingerprint density at radius 1 is 0.828 bits per heavy atom. The zero-order valence-corrected chi connectivity index (χ0v) is 17.0. The molecule has 0 saturated heterocycles. The van der Waals surface area contributed by atoms with Crippen molar-refractivity contribution in [2.45, 2.75) is 20.8 Å². The number of nitrogens with one attached hydrogen (secondary N) is 1. The normalized spacial score (nSPS) is 10.0. The van der Waals surface area contributed by atoms with E-state index in [1.165, 1.54) is 0 Å². The van der Waals surface area contributed by atoms with Crippen LogP contribution >= 0.6 is 0 Å². The van der Waals surface area contributed by atoms with E-state index in [2.05, 4.69) is 10.3 Å². The summed E-state index contributed by atoms with van der Waals surface area (Å²) in [5.74, 6) is 0.308. The summed E-state index contributed by atoms with van der Waals surface area (Å²) < 4.78 is 1.90. The maximum atomic E-state index is 12.7. The van der Waals surface area contributed by atoms with Gasteiger partial charge in [0, 0.05) is 23.0 Å². The largest absolute Gasteiger partial charge is 0.292 e. The summed E-state index contributed by atoms with van der Waals surface area (Å²) in [6, 6.07) is 27.3. The van der Waals surface area contributed by atoms with Gasteiger partial charge in [0.15, 0.2) is 0 Å². The Balaban J connectivity index is 0.00000117. The van der Waals surface area contributed by atoms with Gasteiger partial charge < -0.3 is 0 Å². The Morgan fingerprint density at radius 3 is 2.03 bits per heavy atom. The Hall–Kier alpha value is -3.66. The number of aromatic nitrogens is 2. The summed E-state index contributed by atoms with van der Waals surface area (Å²) in [6.45, 7) is 6.00. The Labute approximate surface area is 171 Å². The summed E-state index contributed by atoms with van der Waals surface area (Å²) in [5.41, 5.74) is 4.45. The molecule has 29 heavy (non-hydrogen) atoms. The minimum Gasteiger partial charge on any atom is -0.292 e. The number of aryl methyl sites for hydroxylation is 1. The Bertz CT molecular complexity index is 1050.